The molecule has 0 spiro atoms. The summed E-state index contributed by atoms with van der Waals surface area (Å²) in [6.45, 7) is 6.54. The number of fused-ring (bicyclic) bond motifs is 3. The minimum absolute atomic E-state index is 0.0711. The summed E-state index contributed by atoms with van der Waals surface area (Å²) in [6.07, 6.45) is 6.16. The second-order valence-corrected chi connectivity index (χ2v) is 10.6. The molecule has 10 nitrogen and oxygen atoms in total. The van der Waals surface area contributed by atoms with Crippen molar-refractivity contribution in [1.82, 2.24) is 39.7 Å². The van der Waals surface area contributed by atoms with Crippen LogP contribution < -0.4 is 0 Å². The number of allylic oxidation sites excluding steroid dienone is 2. The summed E-state index contributed by atoms with van der Waals surface area (Å²) in [5.41, 5.74) is 5.39. The number of H-pyrrole nitrogens is 2. The molecule has 6 heterocycles. The van der Waals surface area contributed by atoms with E-state index < -0.39 is 0 Å². The van der Waals surface area contributed by atoms with Gasteiger partial charge in [0.2, 0.25) is 0 Å². The Labute approximate surface area is 241 Å². The zero-order valence-corrected chi connectivity index (χ0v) is 23.0. The van der Waals surface area contributed by atoms with Crippen LogP contribution in [0.5, 0.6) is 0 Å². The molecule has 2 fully saturated rings. The van der Waals surface area contributed by atoms with E-state index in [1.54, 1.807) is 18.2 Å². The van der Waals surface area contributed by atoms with E-state index in [1.807, 2.05) is 77.4 Å². The molecule has 10 heteroatoms. The number of carbonyl (C=O) groups excluding carboxylic acids is 2. The summed E-state index contributed by atoms with van der Waals surface area (Å²) in [5.74, 6) is 0.941. The smallest absolute Gasteiger partial charge is 0.272 e. The average Bonchev–Trinajstić information content (AvgIpc) is 3.82. The van der Waals surface area contributed by atoms with Gasteiger partial charge in [-0.15, -0.1) is 0 Å². The van der Waals surface area contributed by atoms with Crippen LogP contribution in [0.1, 0.15) is 38.8 Å². The van der Waals surface area contributed by atoms with Crippen molar-refractivity contribution in [1.29, 1.82) is 0 Å². The normalized spacial score (nSPS) is 17.9. The number of hydrogen-bond donors (Lipinski definition) is 2. The summed E-state index contributed by atoms with van der Waals surface area (Å²) in [6, 6.07) is 18.4. The first kappa shape index (κ1) is 25.6. The summed E-state index contributed by atoms with van der Waals surface area (Å²) >= 11 is 0. The van der Waals surface area contributed by atoms with E-state index in [2.05, 4.69) is 36.5 Å². The molecule has 0 aliphatic carbocycles. The number of likely N-dealkylation sites (tertiary alicyclic amines) is 2. The summed E-state index contributed by atoms with van der Waals surface area (Å²) in [5, 5.41) is 0. The van der Waals surface area contributed by atoms with Gasteiger partial charge in [-0.1, -0.05) is 43.0 Å². The van der Waals surface area contributed by atoms with Crippen molar-refractivity contribution in [2.45, 2.75) is 25.4 Å². The molecule has 5 aromatic rings. The van der Waals surface area contributed by atoms with E-state index in [0.29, 0.717) is 47.5 Å². The number of aromatic nitrogens is 6. The molecule has 208 valence electrons. The molecule has 0 saturated carbocycles. The molecule has 2 aliphatic heterocycles. The number of aryl methyl sites for hydroxylation is 1. The lowest BCUT2D eigenvalue weighted by Crippen LogP contribution is -2.50. The number of pyridine rings is 2. The van der Waals surface area contributed by atoms with Crippen LogP contribution >= 0.6 is 0 Å². The van der Waals surface area contributed by atoms with Crippen LogP contribution in [0, 0.1) is 6.92 Å². The second kappa shape index (κ2) is 10.2. The van der Waals surface area contributed by atoms with Crippen molar-refractivity contribution in [3.8, 4) is 23.0 Å². The first-order valence-electron chi connectivity index (χ1n) is 13.9. The molecule has 0 radical (unpaired) electrons. The van der Waals surface area contributed by atoms with E-state index in [0.717, 1.165) is 28.8 Å². The highest BCUT2D eigenvalue weighted by Crippen LogP contribution is 2.33. The average molecular weight is 557 g/mol. The van der Waals surface area contributed by atoms with Crippen LogP contribution in [0.4, 0.5) is 0 Å². The van der Waals surface area contributed by atoms with Gasteiger partial charge >= 0.3 is 0 Å². The number of carbonyl (C=O) groups is 2. The van der Waals surface area contributed by atoms with E-state index in [-0.39, 0.29) is 23.9 Å². The number of nitrogens with one attached hydrogen (secondary N) is 2. The Balaban J connectivity index is 1.06. The number of rotatable bonds is 6. The predicted molar refractivity (Wildman–Crippen MR) is 159 cm³/mol. The zero-order valence-electron chi connectivity index (χ0n) is 23.0. The van der Waals surface area contributed by atoms with Gasteiger partial charge in [0.15, 0.2) is 11.6 Å². The fraction of sp³-hybridized carbons (Fsp3) is 0.188. The molecule has 2 N–H and O–H groups in total. The van der Waals surface area contributed by atoms with Gasteiger partial charge in [0.1, 0.15) is 22.8 Å². The van der Waals surface area contributed by atoms with Crippen LogP contribution in [0.2, 0.25) is 0 Å². The molecule has 2 aliphatic rings. The lowest BCUT2D eigenvalue weighted by molar-refractivity contribution is 0.0520. The molecular formula is C32H28N8O2. The third kappa shape index (κ3) is 4.46. The van der Waals surface area contributed by atoms with Crippen molar-refractivity contribution in [3.63, 3.8) is 0 Å². The number of nitrogens with zero attached hydrogens (tertiary/aromatic N) is 6. The molecule has 2 amide bonds. The minimum atomic E-state index is -0.142. The Kier molecular flexibility index (Phi) is 6.23. The summed E-state index contributed by atoms with van der Waals surface area (Å²) in [7, 11) is 0. The molecule has 1 aromatic carbocycles. The van der Waals surface area contributed by atoms with Crippen LogP contribution in [-0.2, 0) is 0 Å². The molecule has 42 heavy (non-hydrogen) atoms. The quantitative estimate of drug-likeness (QED) is 0.293. The first-order valence-corrected chi connectivity index (χ1v) is 13.9. The monoisotopic (exact) mass is 556 g/mol. The topological polar surface area (TPSA) is 124 Å². The highest BCUT2D eigenvalue weighted by atomic mass is 16.2. The van der Waals surface area contributed by atoms with Gasteiger partial charge in [-0.3, -0.25) is 9.59 Å². The van der Waals surface area contributed by atoms with Crippen molar-refractivity contribution < 1.29 is 9.59 Å². The lowest BCUT2D eigenvalue weighted by Gasteiger charge is -2.34. The van der Waals surface area contributed by atoms with Gasteiger partial charge in [0.05, 0.1) is 34.5 Å². The van der Waals surface area contributed by atoms with Gasteiger partial charge in [-0.2, -0.15) is 0 Å². The van der Waals surface area contributed by atoms with E-state index in [1.165, 1.54) is 0 Å². The van der Waals surface area contributed by atoms with Crippen molar-refractivity contribution in [2.24, 2.45) is 0 Å². The predicted octanol–water partition coefficient (Wildman–Crippen LogP) is 4.66. The molecule has 2 unspecified atom stereocenters. The summed E-state index contributed by atoms with van der Waals surface area (Å²) in [4.78, 5) is 55.7. The SMILES string of the molecule is C=C/C=C\c1[nH]c(-c2cccc(C(=O)N3CC4CC3CN4C(=O)c3cccc(-c4nc5ccccc5[nH]4)n3)n2)nc1C. The Morgan fingerprint density at radius 1 is 0.810 bits per heavy atom. The van der Waals surface area contributed by atoms with Gasteiger partial charge < -0.3 is 19.8 Å². The summed E-state index contributed by atoms with van der Waals surface area (Å²) < 4.78 is 0. The number of amides is 2. The van der Waals surface area contributed by atoms with Gasteiger partial charge in [-0.05, 0) is 55.8 Å². The third-order valence-corrected chi connectivity index (χ3v) is 7.89. The van der Waals surface area contributed by atoms with Gasteiger partial charge in [0.25, 0.3) is 11.8 Å². The van der Waals surface area contributed by atoms with Crippen LogP contribution in [-0.4, -0.2) is 76.7 Å². The number of piperazine rings is 1. The van der Waals surface area contributed by atoms with Crippen molar-refractivity contribution in [2.75, 3.05) is 13.1 Å². The molecular weight excluding hydrogens is 528 g/mol. The maximum absolute atomic E-state index is 13.5. The van der Waals surface area contributed by atoms with Gasteiger partial charge in [-0.25, -0.2) is 19.9 Å². The molecule has 2 bridgehead atoms. The largest absolute Gasteiger partial charge is 0.337 e. The fourth-order valence-corrected chi connectivity index (χ4v) is 5.83. The lowest BCUT2D eigenvalue weighted by atomic mass is 10.2. The Hall–Kier alpha value is -5.38. The van der Waals surface area contributed by atoms with Gasteiger partial charge in [0, 0.05) is 13.1 Å². The standard InChI is InChI=1S/C32H28N8O2/c1-3-4-9-22-19(2)33-29(36-22)25-12-7-14-27(34-25)31(41)39-17-21-16-20(39)18-40(21)32(42)28-15-8-13-26(35-28)30-37-23-10-5-6-11-24(23)38-30/h3-15,20-21H,1,16-18H2,2H3,(H,33,36)(H,37,38)/b9-4-. The van der Waals surface area contributed by atoms with Crippen LogP contribution in [0.25, 0.3) is 40.1 Å². The minimum Gasteiger partial charge on any atom is -0.337 e. The Morgan fingerprint density at radius 3 is 2.02 bits per heavy atom. The Bertz CT molecular complexity index is 1850. The number of hydrogen-bond acceptors (Lipinski definition) is 6. The molecule has 2 saturated heterocycles. The molecule has 2 atom stereocenters. The Morgan fingerprint density at radius 2 is 1.43 bits per heavy atom. The maximum Gasteiger partial charge on any atom is 0.272 e. The van der Waals surface area contributed by atoms with Crippen molar-refractivity contribution >= 4 is 28.9 Å². The zero-order chi connectivity index (χ0) is 28.8. The fourth-order valence-electron chi connectivity index (χ4n) is 5.83. The highest BCUT2D eigenvalue weighted by molar-refractivity contribution is 5.95. The molecule has 7 rings (SSSR count). The van der Waals surface area contributed by atoms with Crippen molar-refractivity contribution in [3.05, 3.63) is 102 Å². The number of para-hydroxylation sites is 2. The van der Waals surface area contributed by atoms with Crippen LogP contribution in [0.3, 0.4) is 0 Å². The highest BCUT2D eigenvalue weighted by Gasteiger charge is 2.47. The van der Waals surface area contributed by atoms with Crippen LogP contribution in [0.15, 0.2) is 79.4 Å². The van der Waals surface area contributed by atoms with E-state index in [9.17, 15) is 9.59 Å². The number of aromatic amines is 2. The maximum atomic E-state index is 13.5. The van der Waals surface area contributed by atoms with E-state index >= 15 is 0 Å². The number of imidazole rings is 2. The first-order chi connectivity index (χ1) is 20.5. The third-order valence-electron chi connectivity index (χ3n) is 7.89. The molecule has 4 aromatic heterocycles. The number of benzene rings is 1. The van der Waals surface area contributed by atoms with E-state index in [4.69, 9.17) is 0 Å². The second-order valence-electron chi connectivity index (χ2n) is 10.6.